The number of amides is 2. The third kappa shape index (κ3) is 7.56. The molecule has 0 fully saturated rings. The van der Waals surface area contributed by atoms with Crippen molar-refractivity contribution in [3.63, 3.8) is 0 Å². The molecule has 26 heavy (non-hydrogen) atoms. The lowest BCUT2D eigenvalue weighted by Gasteiger charge is -2.22. The number of carbonyl (C=O) groups excluding carboxylic acids is 2. The third-order valence-electron chi connectivity index (χ3n) is 4.10. The lowest BCUT2D eigenvalue weighted by atomic mass is 10.0. The lowest BCUT2D eigenvalue weighted by molar-refractivity contribution is 0.0755. The highest BCUT2D eigenvalue weighted by molar-refractivity contribution is 6.00. The fourth-order valence-electron chi connectivity index (χ4n) is 2.89. The average molecular weight is 362 g/mol. The van der Waals surface area contributed by atoms with Crippen molar-refractivity contribution in [2.45, 2.75) is 53.4 Å². The van der Waals surface area contributed by atoms with Gasteiger partial charge in [0.1, 0.15) is 0 Å². The maximum Gasteiger partial charge on any atom is 0.253 e. The first-order valence-electron chi connectivity index (χ1n) is 9.93. The molecule has 0 aliphatic heterocycles. The molecule has 0 saturated heterocycles. The van der Waals surface area contributed by atoms with Gasteiger partial charge in [0.15, 0.2) is 0 Å². The van der Waals surface area contributed by atoms with Gasteiger partial charge in [-0.2, -0.15) is 0 Å². The van der Waals surface area contributed by atoms with E-state index >= 15 is 0 Å². The maximum absolute atomic E-state index is 12.8. The molecule has 5 heteroatoms. The maximum atomic E-state index is 12.8. The highest BCUT2D eigenvalue weighted by Crippen LogP contribution is 2.13. The van der Waals surface area contributed by atoms with Gasteiger partial charge in [0, 0.05) is 30.8 Å². The highest BCUT2D eigenvalue weighted by Gasteiger charge is 2.17. The van der Waals surface area contributed by atoms with Crippen molar-refractivity contribution < 1.29 is 9.59 Å². The van der Waals surface area contributed by atoms with Gasteiger partial charge in [-0.05, 0) is 69.5 Å². The van der Waals surface area contributed by atoms with Gasteiger partial charge in [-0.3, -0.25) is 9.59 Å². The minimum absolute atomic E-state index is 0.00946. The van der Waals surface area contributed by atoms with Gasteiger partial charge >= 0.3 is 0 Å². The second-order valence-corrected chi connectivity index (χ2v) is 6.74. The van der Waals surface area contributed by atoms with Gasteiger partial charge in [0.2, 0.25) is 0 Å². The molecule has 0 aromatic heterocycles. The molecule has 1 rings (SSSR count). The number of nitrogens with zero attached hydrogens (tertiary/aromatic N) is 1. The predicted molar refractivity (Wildman–Crippen MR) is 108 cm³/mol. The van der Waals surface area contributed by atoms with Crippen molar-refractivity contribution in [1.82, 2.24) is 15.5 Å². The van der Waals surface area contributed by atoms with Gasteiger partial charge in [-0.15, -0.1) is 0 Å². The summed E-state index contributed by atoms with van der Waals surface area (Å²) in [6.07, 6.45) is 3.86. The topological polar surface area (TPSA) is 61.4 Å². The fraction of sp³-hybridized carbons (Fsp3) is 0.619. The Labute approximate surface area is 158 Å². The molecule has 0 spiro atoms. The van der Waals surface area contributed by atoms with Gasteiger partial charge < -0.3 is 15.5 Å². The summed E-state index contributed by atoms with van der Waals surface area (Å²) in [5.41, 5.74) is 2.09. The molecule has 2 amide bonds. The smallest absolute Gasteiger partial charge is 0.253 e. The van der Waals surface area contributed by atoms with E-state index in [1.54, 1.807) is 6.07 Å². The summed E-state index contributed by atoms with van der Waals surface area (Å²) in [4.78, 5) is 27.1. The largest absolute Gasteiger partial charge is 0.352 e. The summed E-state index contributed by atoms with van der Waals surface area (Å²) in [5.74, 6) is -0.106. The Morgan fingerprint density at radius 1 is 0.885 bits per heavy atom. The van der Waals surface area contributed by atoms with Crippen LogP contribution in [0.2, 0.25) is 0 Å². The molecule has 1 aromatic carbocycles. The van der Waals surface area contributed by atoms with Crippen LogP contribution in [0.25, 0.3) is 0 Å². The van der Waals surface area contributed by atoms with E-state index in [0.717, 1.165) is 57.4 Å². The Kier molecular flexibility index (Phi) is 10.6. The molecule has 5 nitrogen and oxygen atoms in total. The normalized spacial score (nSPS) is 10.6. The Morgan fingerprint density at radius 3 is 2.15 bits per heavy atom. The summed E-state index contributed by atoms with van der Waals surface area (Å²) in [5, 5.41) is 6.26. The molecule has 0 aliphatic rings. The number of nitrogens with one attached hydrogen (secondary N) is 2. The van der Waals surface area contributed by atoms with Crippen LogP contribution >= 0.6 is 0 Å². The summed E-state index contributed by atoms with van der Waals surface area (Å²) in [6.45, 7) is 12.2. The standard InChI is InChI=1S/C21H35N3O2/c1-5-9-22-10-8-11-23-20(25)18-14-17(4)15-19(16-18)21(26)24(12-6-2)13-7-3/h14-16,22H,5-13H2,1-4H3,(H,23,25). The number of aryl methyl sites for hydroxylation is 1. The first-order valence-corrected chi connectivity index (χ1v) is 9.93. The number of hydrogen-bond acceptors (Lipinski definition) is 3. The molecule has 0 unspecified atom stereocenters. The molecule has 0 heterocycles. The summed E-state index contributed by atoms with van der Waals surface area (Å²) < 4.78 is 0. The molecule has 0 radical (unpaired) electrons. The first-order chi connectivity index (χ1) is 12.5. The van der Waals surface area contributed by atoms with E-state index in [1.807, 2.05) is 24.0 Å². The average Bonchev–Trinajstić information content (AvgIpc) is 2.63. The summed E-state index contributed by atoms with van der Waals surface area (Å²) in [6, 6.07) is 5.43. The third-order valence-corrected chi connectivity index (χ3v) is 4.10. The highest BCUT2D eigenvalue weighted by atomic mass is 16.2. The molecule has 0 aliphatic carbocycles. The van der Waals surface area contributed by atoms with Crippen LogP contribution < -0.4 is 10.6 Å². The van der Waals surface area contributed by atoms with Gasteiger partial charge in [-0.1, -0.05) is 20.8 Å². The van der Waals surface area contributed by atoms with Crippen molar-refractivity contribution in [1.29, 1.82) is 0 Å². The molecule has 0 bridgehead atoms. The number of rotatable bonds is 12. The summed E-state index contributed by atoms with van der Waals surface area (Å²) in [7, 11) is 0. The molecular formula is C21H35N3O2. The van der Waals surface area contributed by atoms with E-state index in [4.69, 9.17) is 0 Å². The van der Waals surface area contributed by atoms with Gasteiger partial charge in [-0.25, -0.2) is 0 Å². The second-order valence-electron chi connectivity index (χ2n) is 6.74. The molecule has 1 aromatic rings. The number of carbonyl (C=O) groups is 2. The minimum atomic E-state index is -0.115. The second kappa shape index (κ2) is 12.5. The van der Waals surface area contributed by atoms with Crippen LogP contribution in [-0.4, -0.2) is 49.4 Å². The zero-order valence-electron chi connectivity index (χ0n) is 16.9. The zero-order chi connectivity index (χ0) is 19.4. The lowest BCUT2D eigenvalue weighted by Crippen LogP contribution is -2.33. The van der Waals surface area contributed by atoms with Crippen LogP contribution in [0.5, 0.6) is 0 Å². The van der Waals surface area contributed by atoms with Crippen LogP contribution in [0.15, 0.2) is 18.2 Å². The minimum Gasteiger partial charge on any atom is -0.352 e. The van der Waals surface area contributed by atoms with E-state index in [1.165, 1.54) is 0 Å². The van der Waals surface area contributed by atoms with Crippen LogP contribution in [0, 0.1) is 6.92 Å². The van der Waals surface area contributed by atoms with E-state index in [-0.39, 0.29) is 11.8 Å². The van der Waals surface area contributed by atoms with Crippen LogP contribution in [-0.2, 0) is 0 Å². The van der Waals surface area contributed by atoms with E-state index in [2.05, 4.69) is 31.4 Å². The first kappa shape index (κ1) is 22.2. The van der Waals surface area contributed by atoms with Crippen molar-refractivity contribution in [3.05, 3.63) is 34.9 Å². The van der Waals surface area contributed by atoms with E-state index < -0.39 is 0 Å². The molecule has 0 saturated carbocycles. The van der Waals surface area contributed by atoms with E-state index in [9.17, 15) is 9.59 Å². The van der Waals surface area contributed by atoms with Crippen molar-refractivity contribution >= 4 is 11.8 Å². The van der Waals surface area contributed by atoms with Crippen molar-refractivity contribution in [2.24, 2.45) is 0 Å². The van der Waals surface area contributed by atoms with E-state index in [0.29, 0.717) is 17.7 Å². The van der Waals surface area contributed by atoms with Crippen molar-refractivity contribution in [2.75, 3.05) is 32.7 Å². The Hall–Kier alpha value is -1.88. The Balaban J connectivity index is 2.73. The monoisotopic (exact) mass is 361 g/mol. The quantitative estimate of drug-likeness (QED) is 0.561. The molecule has 2 N–H and O–H groups in total. The van der Waals surface area contributed by atoms with Crippen LogP contribution in [0.4, 0.5) is 0 Å². The van der Waals surface area contributed by atoms with Gasteiger partial charge in [0.25, 0.3) is 11.8 Å². The van der Waals surface area contributed by atoms with Crippen LogP contribution in [0.1, 0.15) is 72.7 Å². The number of hydrogen-bond donors (Lipinski definition) is 2. The van der Waals surface area contributed by atoms with Gasteiger partial charge in [0.05, 0.1) is 0 Å². The number of benzene rings is 1. The zero-order valence-corrected chi connectivity index (χ0v) is 16.9. The SMILES string of the molecule is CCCNCCCNC(=O)c1cc(C)cc(C(=O)N(CCC)CCC)c1. The Bertz CT molecular complexity index is 566. The molecule has 146 valence electrons. The predicted octanol–water partition coefficient (Wildman–Crippen LogP) is 3.38. The van der Waals surface area contributed by atoms with Crippen LogP contribution in [0.3, 0.4) is 0 Å². The Morgan fingerprint density at radius 2 is 1.54 bits per heavy atom. The fourth-order valence-corrected chi connectivity index (χ4v) is 2.89. The van der Waals surface area contributed by atoms with Crippen molar-refractivity contribution in [3.8, 4) is 0 Å². The molecular weight excluding hydrogens is 326 g/mol. The summed E-state index contributed by atoms with van der Waals surface area (Å²) >= 11 is 0. The molecule has 0 atom stereocenters.